The van der Waals surface area contributed by atoms with Gasteiger partial charge in [-0.25, -0.2) is 4.79 Å². The molecule has 1 aromatic carbocycles. The zero-order valence-electron chi connectivity index (χ0n) is 18.4. The van der Waals surface area contributed by atoms with Gasteiger partial charge in [-0.2, -0.15) is 0 Å². The zero-order valence-corrected chi connectivity index (χ0v) is 18.4. The summed E-state index contributed by atoms with van der Waals surface area (Å²) in [6.07, 6.45) is 1.58. The van der Waals surface area contributed by atoms with Gasteiger partial charge in [0.05, 0.1) is 24.2 Å². The first kappa shape index (κ1) is 25.1. The van der Waals surface area contributed by atoms with Crippen LogP contribution in [0.4, 0.5) is 0 Å². The summed E-state index contributed by atoms with van der Waals surface area (Å²) in [7, 11) is 0. The van der Waals surface area contributed by atoms with Crippen LogP contribution in [0.15, 0.2) is 24.3 Å². The van der Waals surface area contributed by atoms with Gasteiger partial charge >= 0.3 is 11.9 Å². The Morgan fingerprint density at radius 1 is 1.24 bits per heavy atom. The van der Waals surface area contributed by atoms with E-state index in [1.165, 1.54) is 0 Å². The highest BCUT2D eigenvalue weighted by atomic mass is 16.7. The van der Waals surface area contributed by atoms with Crippen molar-refractivity contribution in [1.29, 1.82) is 0 Å². The van der Waals surface area contributed by atoms with E-state index in [9.17, 15) is 9.59 Å². The highest BCUT2D eigenvalue weighted by Gasteiger charge is 2.36. The minimum atomic E-state index is -0.872. The summed E-state index contributed by atoms with van der Waals surface area (Å²) in [5.74, 6) is -1.78. The summed E-state index contributed by atoms with van der Waals surface area (Å²) in [5, 5.41) is 8.51. The Morgan fingerprint density at radius 3 is 2.34 bits per heavy atom. The average molecular weight is 410 g/mol. The maximum atomic E-state index is 11.8. The van der Waals surface area contributed by atoms with E-state index >= 15 is 0 Å². The molecule has 1 saturated heterocycles. The van der Waals surface area contributed by atoms with Crippen LogP contribution in [0.5, 0.6) is 0 Å². The second-order valence-corrected chi connectivity index (χ2v) is 8.66. The molecule has 164 valence electrons. The zero-order chi connectivity index (χ0) is 22.2. The number of benzene rings is 1. The monoisotopic (exact) mass is 409 g/mol. The number of rotatable bonds is 5. The van der Waals surface area contributed by atoms with Crippen molar-refractivity contribution in [3.63, 3.8) is 0 Å². The second kappa shape index (κ2) is 10.7. The predicted octanol–water partition coefficient (Wildman–Crippen LogP) is 3.67. The lowest BCUT2D eigenvalue weighted by molar-refractivity contribution is -0.300. The molecule has 1 aliphatic rings. The van der Waals surface area contributed by atoms with Gasteiger partial charge in [-0.05, 0) is 66.6 Å². The molecule has 1 fully saturated rings. The first-order valence-electron chi connectivity index (χ1n) is 9.89. The van der Waals surface area contributed by atoms with Crippen molar-refractivity contribution >= 4 is 11.9 Å². The van der Waals surface area contributed by atoms with E-state index in [0.29, 0.717) is 18.5 Å². The van der Waals surface area contributed by atoms with Crippen molar-refractivity contribution in [3.8, 4) is 0 Å². The molecule has 29 heavy (non-hydrogen) atoms. The standard InChI is InChI=1S/C14H27NO4.C8H8O2/c1-13(2,3)19-12(16)9-11-8-10(6-7-15)17-14(4,5)18-11;1-6-3-2-4-7(5-6)8(9)10/h10-11H,6-9,15H2,1-5H3;2-5H,1H3,(H,9,10)/t10-,11-;/m1./s1. The highest BCUT2D eigenvalue weighted by molar-refractivity contribution is 5.87. The van der Waals surface area contributed by atoms with Crippen LogP contribution in [-0.4, -0.2) is 47.2 Å². The maximum Gasteiger partial charge on any atom is 0.335 e. The number of carbonyl (C=O) groups excluding carboxylic acids is 1. The van der Waals surface area contributed by atoms with Crippen LogP contribution in [0.3, 0.4) is 0 Å². The normalized spacial score (nSPS) is 20.9. The number of hydrogen-bond acceptors (Lipinski definition) is 6. The average Bonchev–Trinajstić information content (AvgIpc) is 2.52. The van der Waals surface area contributed by atoms with Gasteiger partial charge in [-0.3, -0.25) is 4.79 Å². The molecular weight excluding hydrogens is 374 g/mol. The summed E-state index contributed by atoms with van der Waals surface area (Å²) in [6, 6.07) is 6.82. The van der Waals surface area contributed by atoms with Gasteiger partial charge < -0.3 is 25.1 Å². The number of hydrogen-bond donors (Lipinski definition) is 2. The lowest BCUT2D eigenvalue weighted by atomic mass is 10.0. The molecule has 0 amide bonds. The van der Waals surface area contributed by atoms with Gasteiger partial charge in [-0.1, -0.05) is 17.7 Å². The topological polar surface area (TPSA) is 108 Å². The highest BCUT2D eigenvalue weighted by Crippen LogP contribution is 2.30. The Bertz CT molecular complexity index is 680. The summed E-state index contributed by atoms with van der Waals surface area (Å²) in [5.41, 5.74) is 6.42. The van der Waals surface area contributed by atoms with Gasteiger partial charge in [0.1, 0.15) is 5.60 Å². The van der Waals surface area contributed by atoms with E-state index in [0.717, 1.165) is 12.0 Å². The SMILES string of the molecule is CC(C)(C)OC(=O)C[C@H]1C[C@@H](CCN)OC(C)(C)O1.Cc1cccc(C(=O)O)c1. The molecule has 7 heteroatoms. The van der Waals surface area contributed by atoms with Gasteiger partial charge in [-0.15, -0.1) is 0 Å². The lowest BCUT2D eigenvalue weighted by Crippen LogP contribution is -2.46. The van der Waals surface area contributed by atoms with Crippen LogP contribution in [0.2, 0.25) is 0 Å². The number of esters is 1. The number of carbonyl (C=O) groups is 2. The summed E-state index contributed by atoms with van der Waals surface area (Å²) < 4.78 is 16.9. The third-order valence-corrected chi connectivity index (χ3v) is 3.99. The van der Waals surface area contributed by atoms with Crippen molar-refractivity contribution in [3.05, 3.63) is 35.4 Å². The van der Waals surface area contributed by atoms with Crippen LogP contribution in [0.25, 0.3) is 0 Å². The molecule has 0 saturated carbocycles. The molecule has 7 nitrogen and oxygen atoms in total. The number of carboxylic acid groups (broad SMARTS) is 1. The molecule has 1 aromatic rings. The van der Waals surface area contributed by atoms with E-state index in [-0.39, 0.29) is 24.6 Å². The third kappa shape index (κ3) is 10.4. The van der Waals surface area contributed by atoms with Crippen molar-refractivity contribution in [1.82, 2.24) is 0 Å². The van der Waals surface area contributed by atoms with Gasteiger partial charge in [0.25, 0.3) is 0 Å². The lowest BCUT2D eigenvalue weighted by Gasteiger charge is -2.40. The fraction of sp³-hybridized carbons (Fsp3) is 0.636. The largest absolute Gasteiger partial charge is 0.478 e. The summed E-state index contributed by atoms with van der Waals surface area (Å²) >= 11 is 0. The molecule has 0 spiro atoms. The molecule has 0 radical (unpaired) electrons. The van der Waals surface area contributed by atoms with Gasteiger partial charge in [0, 0.05) is 6.42 Å². The third-order valence-electron chi connectivity index (χ3n) is 3.99. The van der Waals surface area contributed by atoms with Crippen molar-refractivity contribution < 1.29 is 28.9 Å². The molecule has 2 atom stereocenters. The smallest absolute Gasteiger partial charge is 0.335 e. The Hall–Kier alpha value is -1.96. The molecule has 0 aliphatic carbocycles. The fourth-order valence-electron chi connectivity index (χ4n) is 3.05. The molecule has 1 aliphatic heterocycles. The molecule has 2 rings (SSSR count). The van der Waals surface area contributed by atoms with E-state index in [1.807, 2.05) is 47.6 Å². The molecule has 0 aromatic heterocycles. The first-order valence-corrected chi connectivity index (χ1v) is 9.89. The fourth-order valence-corrected chi connectivity index (χ4v) is 3.05. The van der Waals surface area contributed by atoms with Crippen LogP contribution in [0.1, 0.15) is 69.8 Å². The minimum Gasteiger partial charge on any atom is -0.478 e. The van der Waals surface area contributed by atoms with Crippen molar-refractivity contribution in [2.75, 3.05) is 6.54 Å². The van der Waals surface area contributed by atoms with Crippen molar-refractivity contribution in [2.24, 2.45) is 5.73 Å². The second-order valence-electron chi connectivity index (χ2n) is 8.66. The van der Waals surface area contributed by atoms with Gasteiger partial charge in [0.2, 0.25) is 0 Å². The molecule has 0 unspecified atom stereocenters. The quantitative estimate of drug-likeness (QED) is 0.714. The van der Waals surface area contributed by atoms with Crippen molar-refractivity contribution in [2.45, 2.75) is 84.4 Å². The molecule has 1 heterocycles. The van der Waals surface area contributed by atoms with E-state index in [2.05, 4.69) is 0 Å². The maximum absolute atomic E-state index is 11.8. The Balaban J connectivity index is 0.000000352. The number of ether oxygens (including phenoxy) is 3. The number of carboxylic acids is 1. The van der Waals surface area contributed by atoms with Crippen LogP contribution in [-0.2, 0) is 19.0 Å². The van der Waals surface area contributed by atoms with Crippen LogP contribution < -0.4 is 5.73 Å². The van der Waals surface area contributed by atoms with E-state index in [4.69, 9.17) is 25.1 Å². The number of nitrogens with two attached hydrogens (primary N) is 1. The number of aryl methyl sites for hydroxylation is 1. The Kier molecular flexibility index (Phi) is 9.26. The predicted molar refractivity (Wildman–Crippen MR) is 111 cm³/mol. The minimum absolute atomic E-state index is 0.0428. The Morgan fingerprint density at radius 2 is 1.86 bits per heavy atom. The molecular formula is C22H35NO6. The Labute approximate surface area is 173 Å². The first-order chi connectivity index (χ1) is 13.3. The van der Waals surface area contributed by atoms with Gasteiger partial charge in [0.15, 0.2) is 5.79 Å². The number of aromatic carboxylic acids is 1. The van der Waals surface area contributed by atoms with Crippen LogP contribution >= 0.6 is 0 Å². The van der Waals surface area contributed by atoms with Crippen LogP contribution in [0, 0.1) is 6.92 Å². The molecule has 3 N–H and O–H groups in total. The van der Waals surface area contributed by atoms with E-state index < -0.39 is 17.4 Å². The molecule has 0 bridgehead atoms. The summed E-state index contributed by atoms with van der Waals surface area (Å²) in [4.78, 5) is 22.2. The summed E-state index contributed by atoms with van der Waals surface area (Å²) in [6.45, 7) is 11.7. The van der Waals surface area contributed by atoms with E-state index in [1.54, 1.807) is 18.2 Å².